The molecule has 128 valence electrons. The molecule has 1 aliphatic rings. The Labute approximate surface area is 149 Å². The molecule has 1 amide bonds. The predicted molar refractivity (Wildman–Crippen MR) is 99.8 cm³/mol. The van der Waals surface area contributed by atoms with Gasteiger partial charge in [-0.05, 0) is 54.6 Å². The van der Waals surface area contributed by atoms with Crippen molar-refractivity contribution < 1.29 is 13.2 Å². The highest BCUT2D eigenvalue weighted by molar-refractivity contribution is 8.18. The van der Waals surface area contributed by atoms with Crippen molar-refractivity contribution in [2.45, 2.75) is 11.8 Å². The number of primary sulfonamides is 1. The molecule has 0 aromatic heterocycles. The number of thioether (sulfide) groups is 1. The maximum atomic E-state index is 12.1. The van der Waals surface area contributed by atoms with E-state index < -0.39 is 10.0 Å². The van der Waals surface area contributed by atoms with E-state index >= 15 is 0 Å². The maximum Gasteiger partial charge on any atom is 0.264 e. The number of hydrogen-bond acceptors (Lipinski definition) is 5. The lowest BCUT2D eigenvalue weighted by molar-refractivity contribution is -0.115. The van der Waals surface area contributed by atoms with Crippen molar-refractivity contribution in [3.63, 3.8) is 0 Å². The van der Waals surface area contributed by atoms with Crippen LogP contribution in [0.2, 0.25) is 0 Å². The SMILES string of the molecule is Cc1ccc(N=C2NC(=O)/C(=C/c3ccc(S(N)(=O)=O)cc3)S2)cc1. The number of carbonyl (C=O) groups is 1. The van der Waals surface area contributed by atoms with Crippen LogP contribution in [0.3, 0.4) is 0 Å². The fraction of sp³-hybridized carbons (Fsp3) is 0.0588. The third-order valence-corrected chi connectivity index (χ3v) is 5.26. The molecule has 3 N–H and O–H groups in total. The van der Waals surface area contributed by atoms with Crippen molar-refractivity contribution in [3.8, 4) is 0 Å². The minimum Gasteiger partial charge on any atom is -0.300 e. The van der Waals surface area contributed by atoms with E-state index in [-0.39, 0.29) is 10.8 Å². The molecule has 6 nitrogen and oxygen atoms in total. The number of benzene rings is 2. The zero-order valence-corrected chi connectivity index (χ0v) is 14.9. The first kappa shape index (κ1) is 17.4. The molecule has 0 atom stereocenters. The molecule has 2 aromatic rings. The van der Waals surface area contributed by atoms with Crippen molar-refractivity contribution >= 4 is 44.6 Å². The van der Waals surface area contributed by atoms with Gasteiger partial charge in [-0.1, -0.05) is 29.8 Å². The molecule has 1 heterocycles. The van der Waals surface area contributed by atoms with Gasteiger partial charge >= 0.3 is 0 Å². The van der Waals surface area contributed by atoms with Crippen LogP contribution in [-0.4, -0.2) is 19.5 Å². The summed E-state index contributed by atoms with van der Waals surface area (Å²) in [7, 11) is -3.73. The second-order valence-electron chi connectivity index (χ2n) is 5.43. The molecule has 0 unspecified atom stereocenters. The Morgan fingerprint density at radius 1 is 1.08 bits per heavy atom. The molecule has 1 saturated heterocycles. The number of sulfonamides is 1. The van der Waals surface area contributed by atoms with E-state index in [4.69, 9.17) is 5.14 Å². The van der Waals surface area contributed by atoms with Crippen molar-refractivity contribution in [1.29, 1.82) is 0 Å². The van der Waals surface area contributed by atoms with Crippen LogP contribution in [0.1, 0.15) is 11.1 Å². The third kappa shape index (κ3) is 4.36. The Hall–Kier alpha value is -2.42. The summed E-state index contributed by atoms with van der Waals surface area (Å²) in [6.45, 7) is 1.99. The van der Waals surface area contributed by atoms with Gasteiger partial charge in [-0.2, -0.15) is 0 Å². The lowest BCUT2D eigenvalue weighted by Gasteiger charge is -1.99. The van der Waals surface area contributed by atoms with E-state index in [2.05, 4.69) is 10.3 Å². The number of hydrogen-bond donors (Lipinski definition) is 2. The molecule has 0 saturated carbocycles. The van der Waals surface area contributed by atoms with Crippen LogP contribution in [0.5, 0.6) is 0 Å². The van der Waals surface area contributed by atoms with Gasteiger partial charge < -0.3 is 5.32 Å². The van der Waals surface area contributed by atoms with E-state index in [0.29, 0.717) is 15.6 Å². The van der Waals surface area contributed by atoms with Crippen molar-refractivity contribution in [2.24, 2.45) is 10.1 Å². The lowest BCUT2D eigenvalue weighted by Crippen LogP contribution is -2.19. The van der Waals surface area contributed by atoms with Crippen molar-refractivity contribution in [2.75, 3.05) is 0 Å². The number of nitrogens with one attached hydrogen (secondary N) is 1. The van der Waals surface area contributed by atoms with Gasteiger partial charge in [0.25, 0.3) is 5.91 Å². The Bertz CT molecular complexity index is 977. The number of nitrogens with two attached hydrogens (primary N) is 1. The standard InChI is InChI=1S/C17H15N3O3S2/c1-11-2-6-13(7-3-11)19-17-20-16(21)15(24-17)10-12-4-8-14(9-5-12)25(18,22)23/h2-10H,1H3,(H2,18,22,23)(H,19,20,21)/b15-10-. The number of aryl methyl sites for hydroxylation is 1. The van der Waals surface area contributed by atoms with Gasteiger partial charge in [0.2, 0.25) is 10.0 Å². The predicted octanol–water partition coefficient (Wildman–Crippen LogP) is 2.53. The summed E-state index contributed by atoms with van der Waals surface area (Å²) in [5.41, 5.74) is 2.59. The molecule has 0 bridgehead atoms. The smallest absolute Gasteiger partial charge is 0.264 e. The molecule has 2 aromatic carbocycles. The van der Waals surface area contributed by atoms with Gasteiger partial charge in [0, 0.05) is 0 Å². The first-order valence-electron chi connectivity index (χ1n) is 7.30. The van der Waals surface area contributed by atoms with Gasteiger partial charge in [0.15, 0.2) is 5.17 Å². The van der Waals surface area contributed by atoms with Crippen LogP contribution in [0.25, 0.3) is 6.08 Å². The molecule has 0 spiro atoms. The van der Waals surface area contributed by atoms with Gasteiger partial charge in [0.1, 0.15) is 0 Å². The van der Waals surface area contributed by atoms with Crippen LogP contribution in [0.15, 0.2) is 63.3 Å². The Balaban J connectivity index is 1.80. The monoisotopic (exact) mass is 373 g/mol. The highest BCUT2D eigenvalue weighted by Crippen LogP contribution is 2.28. The van der Waals surface area contributed by atoms with E-state index in [1.807, 2.05) is 31.2 Å². The second kappa shape index (κ2) is 6.83. The van der Waals surface area contributed by atoms with Crippen LogP contribution in [0, 0.1) is 6.92 Å². The molecule has 3 rings (SSSR count). The maximum absolute atomic E-state index is 12.1. The van der Waals surface area contributed by atoms with Crippen molar-refractivity contribution in [1.82, 2.24) is 5.32 Å². The highest BCUT2D eigenvalue weighted by atomic mass is 32.2. The van der Waals surface area contributed by atoms with Gasteiger partial charge in [-0.3, -0.25) is 4.79 Å². The molecule has 0 aliphatic carbocycles. The van der Waals surface area contributed by atoms with Crippen LogP contribution < -0.4 is 10.5 Å². The van der Waals surface area contributed by atoms with Crippen LogP contribution >= 0.6 is 11.8 Å². The highest BCUT2D eigenvalue weighted by Gasteiger charge is 2.23. The van der Waals surface area contributed by atoms with Gasteiger partial charge in [0.05, 0.1) is 15.5 Å². The lowest BCUT2D eigenvalue weighted by atomic mass is 10.2. The van der Waals surface area contributed by atoms with E-state index in [9.17, 15) is 13.2 Å². The van der Waals surface area contributed by atoms with Crippen LogP contribution in [-0.2, 0) is 14.8 Å². The summed E-state index contributed by atoms with van der Waals surface area (Å²) in [6, 6.07) is 13.6. The van der Waals surface area contributed by atoms with E-state index in [0.717, 1.165) is 11.3 Å². The molecule has 8 heteroatoms. The quantitative estimate of drug-likeness (QED) is 0.807. The van der Waals surface area contributed by atoms with E-state index in [1.54, 1.807) is 18.2 Å². The summed E-state index contributed by atoms with van der Waals surface area (Å²) in [6.07, 6.45) is 1.67. The first-order chi connectivity index (χ1) is 11.8. The fourth-order valence-corrected chi connectivity index (χ4v) is 3.48. The molecule has 0 radical (unpaired) electrons. The van der Waals surface area contributed by atoms with Crippen LogP contribution in [0.4, 0.5) is 5.69 Å². The average molecular weight is 373 g/mol. The number of amides is 1. The summed E-state index contributed by atoms with van der Waals surface area (Å²) in [4.78, 5) is 17.0. The first-order valence-corrected chi connectivity index (χ1v) is 9.67. The van der Waals surface area contributed by atoms with Crippen molar-refractivity contribution in [3.05, 3.63) is 64.6 Å². The molecule has 1 fully saturated rings. The molecular formula is C17H15N3O3S2. The van der Waals surface area contributed by atoms with Gasteiger partial charge in [-0.25, -0.2) is 18.5 Å². The molecular weight excluding hydrogens is 358 g/mol. The summed E-state index contributed by atoms with van der Waals surface area (Å²) >= 11 is 1.23. The topological polar surface area (TPSA) is 102 Å². The summed E-state index contributed by atoms with van der Waals surface area (Å²) in [5, 5.41) is 8.28. The number of nitrogens with zero attached hydrogens (tertiary/aromatic N) is 1. The molecule has 1 aliphatic heterocycles. The fourth-order valence-electron chi connectivity index (χ4n) is 2.12. The third-order valence-electron chi connectivity index (χ3n) is 3.42. The van der Waals surface area contributed by atoms with E-state index in [1.165, 1.54) is 23.9 Å². The zero-order chi connectivity index (χ0) is 18.0. The average Bonchev–Trinajstić information content (AvgIpc) is 2.89. The minimum absolute atomic E-state index is 0.0276. The zero-order valence-electron chi connectivity index (χ0n) is 13.3. The number of rotatable bonds is 3. The minimum atomic E-state index is -3.73. The summed E-state index contributed by atoms with van der Waals surface area (Å²) < 4.78 is 22.5. The second-order valence-corrected chi connectivity index (χ2v) is 8.02. The summed E-state index contributed by atoms with van der Waals surface area (Å²) in [5.74, 6) is -0.244. The number of aliphatic imine (C=N–C) groups is 1. The Morgan fingerprint density at radius 2 is 1.72 bits per heavy atom. The number of carbonyl (C=O) groups excluding carboxylic acids is 1. The Morgan fingerprint density at radius 3 is 2.32 bits per heavy atom. The largest absolute Gasteiger partial charge is 0.300 e. The normalized spacial score (nSPS) is 17.9. The Kier molecular flexibility index (Phi) is 4.76. The molecule has 25 heavy (non-hydrogen) atoms. The number of amidine groups is 1. The van der Waals surface area contributed by atoms with Gasteiger partial charge in [-0.15, -0.1) is 0 Å².